The van der Waals surface area contributed by atoms with Gasteiger partial charge in [0, 0.05) is 23.4 Å². The quantitative estimate of drug-likeness (QED) is 0.413. The number of hydrogen-bond donors (Lipinski definition) is 1. The lowest BCUT2D eigenvalue weighted by Gasteiger charge is -2.06. The van der Waals surface area contributed by atoms with Crippen molar-refractivity contribution in [2.75, 3.05) is 0 Å². The number of fused-ring (bicyclic) bond motifs is 1. The first-order chi connectivity index (χ1) is 13.6. The van der Waals surface area contributed by atoms with Crippen molar-refractivity contribution in [2.24, 2.45) is 0 Å². The maximum Gasteiger partial charge on any atom is 0.308 e. The van der Waals surface area contributed by atoms with E-state index in [9.17, 15) is 9.59 Å². The fraction of sp³-hybridized carbons (Fsp3) is 0.105. The summed E-state index contributed by atoms with van der Waals surface area (Å²) in [6.07, 6.45) is 0. The second-order valence-electron chi connectivity index (χ2n) is 5.92. The molecule has 140 valence electrons. The van der Waals surface area contributed by atoms with Gasteiger partial charge in [-0.1, -0.05) is 0 Å². The van der Waals surface area contributed by atoms with Crippen molar-refractivity contribution < 1.29 is 14.3 Å². The molecule has 9 heteroatoms. The van der Waals surface area contributed by atoms with Crippen LogP contribution in [0, 0.1) is 0 Å². The van der Waals surface area contributed by atoms with E-state index in [0.717, 1.165) is 11.3 Å². The van der Waals surface area contributed by atoms with Crippen molar-refractivity contribution in [3.05, 3.63) is 64.6 Å². The van der Waals surface area contributed by atoms with E-state index in [1.165, 1.54) is 6.92 Å². The molecule has 0 unspecified atom stereocenters. The second-order valence-corrected chi connectivity index (χ2v) is 6.70. The molecule has 8 nitrogen and oxygen atoms in total. The van der Waals surface area contributed by atoms with Crippen LogP contribution in [0.1, 0.15) is 23.1 Å². The van der Waals surface area contributed by atoms with E-state index in [2.05, 4.69) is 20.6 Å². The smallest absolute Gasteiger partial charge is 0.308 e. The summed E-state index contributed by atoms with van der Waals surface area (Å²) in [6, 6.07) is 12.0. The molecule has 0 aliphatic heterocycles. The van der Waals surface area contributed by atoms with Gasteiger partial charge in [0.1, 0.15) is 5.75 Å². The van der Waals surface area contributed by atoms with E-state index in [4.69, 9.17) is 4.74 Å². The number of aromatic nitrogens is 4. The number of ether oxygens (including phenoxy) is 1. The minimum atomic E-state index is -0.412. The molecule has 0 fully saturated rings. The van der Waals surface area contributed by atoms with Gasteiger partial charge >= 0.3 is 5.97 Å². The van der Waals surface area contributed by atoms with Gasteiger partial charge in [-0.05, 0) is 47.8 Å². The van der Waals surface area contributed by atoms with Crippen LogP contribution in [0.3, 0.4) is 0 Å². The number of carbonyl (C=O) groups is 2. The monoisotopic (exact) mass is 393 g/mol. The Morgan fingerprint density at radius 3 is 2.64 bits per heavy atom. The van der Waals surface area contributed by atoms with Crippen LogP contribution >= 0.6 is 11.3 Å². The Hall–Kier alpha value is -3.59. The highest BCUT2D eigenvalue weighted by Crippen LogP contribution is 2.20. The van der Waals surface area contributed by atoms with Crippen molar-refractivity contribution in [2.45, 2.75) is 13.5 Å². The van der Waals surface area contributed by atoms with Gasteiger partial charge in [-0.15, -0.1) is 10.2 Å². The number of nitrogens with one attached hydrogen (secondary N) is 1. The van der Waals surface area contributed by atoms with Gasteiger partial charge in [-0.2, -0.15) is 21.0 Å². The molecule has 1 amide bonds. The van der Waals surface area contributed by atoms with Crippen molar-refractivity contribution >= 4 is 28.9 Å². The maximum absolute atomic E-state index is 12.4. The number of nitrogens with zero attached hydrogens (tertiary/aromatic N) is 4. The zero-order valence-corrected chi connectivity index (χ0v) is 15.6. The predicted octanol–water partition coefficient (Wildman–Crippen LogP) is 2.71. The molecule has 1 N–H and O–H groups in total. The van der Waals surface area contributed by atoms with E-state index < -0.39 is 5.97 Å². The summed E-state index contributed by atoms with van der Waals surface area (Å²) < 4.78 is 6.58. The first-order valence-corrected chi connectivity index (χ1v) is 9.35. The van der Waals surface area contributed by atoms with Gasteiger partial charge in [0.15, 0.2) is 11.5 Å². The number of esters is 1. The van der Waals surface area contributed by atoms with E-state index >= 15 is 0 Å². The Bertz CT molecular complexity index is 1140. The number of carbonyl (C=O) groups excluding carboxylic acids is 2. The zero-order chi connectivity index (χ0) is 19.5. The number of thiophene rings is 1. The number of benzene rings is 1. The van der Waals surface area contributed by atoms with Crippen LogP contribution in [0.25, 0.3) is 16.9 Å². The average molecular weight is 393 g/mol. The van der Waals surface area contributed by atoms with Crippen molar-refractivity contribution in [1.29, 1.82) is 0 Å². The van der Waals surface area contributed by atoms with Gasteiger partial charge in [0.2, 0.25) is 0 Å². The highest BCUT2D eigenvalue weighted by atomic mass is 32.1. The van der Waals surface area contributed by atoms with Crippen molar-refractivity contribution in [1.82, 2.24) is 25.1 Å². The molecule has 0 bridgehead atoms. The van der Waals surface area contributed by atoms with E-state index in [0.29, 0.717) is 22.8 Å². The molecule has 0 atom stereocenters. The molecule has 4 rings (SSSR count). The fourth-order valence-corrected chi connectivity index (χ4v) is 3.26. The number of amides is 1. The molecule has 0 radical (unpaired) electrons. The molecular weight excluding hydrogens is 378 g/mol. The first kappa shape index (κ1) is 17.8. The van der Waals surface area contributed by atoms with Gasteiger partial charge in [-0.3, -0.25) is 9.59 Å². The molecular formula is C19H15N5O3S. The third-order valence-electron chi connectivity index (χ3n) is 3.93. The van der Waals surface area contributed by atoms with Crippen molar-refractivity contribution in [3.8, 4) is 17.0 Å². The van der Waals surface area contributed by atoms with E-state index in [1.807, 2.05) is 29.0 Å². The lowest BCUT2D eigenvalue weighted by atomic mass is 10.2. The van der Waals surface area contributed by atoms with Crippen LogP contribution in [0.2, 0.25) is 0 Å². The molecule has 3 aromatic heterocycles. The Balaban J connectivity index is 1.48. The summed E-state index contributed by atoms with van der Waals surface area (Å²) in [4.78, 5) is 23.3. The van der Waals surface area contributed by atoms with Crippen LogP contribution in [-0.4, -0.2) is 31.7 Å². The molecule has 0 aliphatic carbocycles. The summed E-state index contributed by atoms with van der Waals surface area (Å²) in [5.74, 6) is 0.222. The standard InChI is InChI=1S/C19H15N5O3S/c1-12(25)27-15-4-2-13(3-5-15)19(26)20-10-18-22-21-17-7-6-16(23-24(17)18)14-8-9-28-11-14/h2-9,11H,10H2,1H3,(H,20,26). The highest BCUT2D eigenvalue weighted by Gasteiger charge is 2.12. The van der Waals surface area contributed by atoms with Gasteiger partial charge in [-0.25, -0.2) is 0 Å². The Morgan fingerprint density at radius 2 is 1.93 bits per heavy atom. The van der Waals surface area contributed by atoms with Crippen LogP contribution in [0.5, 0.6) is 5.75 Å². The van der Waals surface area contributed by atoms with E-state index in [-0.39, 0.29) is 12.5 Å². The van der Waals surface area contributed by atoms with Gasteiger partial charge < -0.3 is 10.1 Å². The van der Waals surface area contributed by atoms with E-state index in [1.54, 1.807) is 40.1 Å². The van der Waals surface area contributed by atoms with Gasteiger partial charge in [0.05, 0.1) is 12.2 Å². The molecule has 1 aromatic carbocycles. The lowest BCUT2D eigenvalue weighted by molar-refractivity contribution is -0.131. The topological polar surface area (TPSA) is 98.5 Å². The summed E-state index contributed by atoms with van der Waals surface area (Å²) in [5.41, 5.74) is 2.87. The predicted molar refractivity (Wildman–Crippen MR) is 103 cm³/mol. The first-order valence-electron chi connectivity index (χ1n) is 8.41. The highest BCUT2D eigenvalue weighted by molar-refractivity contribution is 7.08. The summed E-state index contributed by atoms with van der Waals surface area (Å²) in [6.45, 7) is 1.49. The minimum absolute atomic E-state index is 0.172. The Morgan fingerprint density at radius 1 is 1.11 bits per heavy atom. The average Bonchev–Trinajstić information content (AvgIpc) is 3.36. The maximum atomic E-state index is 12.4. The number of hydrogen-bond acceptors (Lipinski definition) is 7. The molecule has 0 aliphatic rings. The lowest BCUT2D eigenvalue weighted by Crippen LogP contribution is -2.24. The number of rotatable bonds is 5. The molecule has 0 spiro atoms. The summed E-state index contributed by atoms with van der Waals surface area (Å²) in [7, 11) is 0. The summed E-state index contributed by atoms with van der Waals surface area (Å²) >= 11 is 1.60. The Kier molecular flexibility index (Phi) is 4.81. The van der Waals surface area contributed by atoms with Crippen LogP contribution in [0.15, 0.2) is 53.2 Å². The Labute approximate surface area is 163 Å². The third-order valence-corrected chi connectivity index (χ3v) is 4.61. The molecule has 0 saturated carbocycles. The molecule has 3 heterocycles. The normalized spacial score (nSPS) is 10.8. The minimum Gasteiger partial charge on any atom is -0.427 e. The fourth-order valence-electron chi connectivity index (χ4n) is 2.61. The van der Waals surface area contributed by atoms with Gasteiger partial charge in [0.25, 0.3) is 5.91 Å². The van der Waals surface area contributed by atoms with Crippen LogP contribution in [0.4, 0.5) is 0 Å². The van der Waals surface area contributed by atoms with Crippen molar-refractivity contribution in [3.63, 3.8) is 0 Å². The van der Waals surface area contributed by atoms with Crippen LogP contribution < -0.4 is 10.1 Å². The SMILES string of the molecule is CC(=O)Oc1ccc(C(=O)NCc2nnc3ccc(-c4ccsc4)nn23)cc1. The van der Waals surface area contributed by atoms with Crippen LogP contribution in [-0.2, 0) is 11.3 Å². The molecule has 0 saturated heterocycles. The zero-order valence-electron chi connectivity index (χ0n) is 14.8. The summed E-state index contributed by atoms with van der Waals surface area (Å²) in [5, 5.41) is 19.6. The largest absolute Gasteiger partial charge is 0.427 e. The molecule has 4 aromatic rings. The second kappa shape index (κ2) is 7.57. The third kappa shape index (κ3) is 3.74. The molecule has 28 heavy (non-hydrogen) atoms.